The standard InChI is InChI=1S/C13H19N3O4S/c1-3-6-14-7-8-15-21(18,19)10-4-5-11-12(9-10)20-13(17)16(11)2/h4-5,9,14-15H,3,6-8H2,1-2H3. The average Bonchev–Trinajstić information content (AvgIpc) is 2.73. The molecule has 0 amide bonds. The number of benzene rings is 1. The van der Waals surface area contributed by atoms with Gasteiger partial charge >= 0.3 is 5.76 Å². The lowest BCUT2D eigenvalue weighted by atomic mass is 10.3. The van der Waals surface area contributed by atoms with Gasteiger partial charge in [0.2, 0.25) is 10.0 Å². The van der Waals surface area contributed by atoms with Crippen LogP contribution >= 0.6 is 0 Å². The number of fused-ring (bicyclic) bond motifs is 1. The third-order valence-electron chi connectivity index (χ3n) is 3.09. The Hall–Kier alpha value is -1.64. The summed E-state index contributed by atoms with van der Waals surface area (Å²) in [6.45, 7) is 3.76. The molecule has 0 aliphatic heterocycles. The van der Waals surface area contributed by atoms with Crippen LogP contribution in [0.25, 0.3) is 11.1 Å². The van der Waals surface area contributed by atoms with Crippen molar-refractivity contribution in [2.75, 3.05) is 19.6 Å². The van der Waals surface area contributed by atoms with E-state index in [4.69, 9.17) is 4.42 Å². The van der Waals surface area contributed by atoms with Gasteiger partial charge in [-0.15, -0.1) is 0 Å². The van der Waals surface area contributed by atoms with Crippen molar-refractivity contribution >= 4 is 21.1 Å². The van der Waals surface area contributed by atoms with Crippen LogP contribution in [0.2, 0.25) is 0 Å². The molecule has 2 aromatic rings. The Morgan fingerprint density at radius 3 is 2.71 bits per heavy atom. The van der Waals surface area contributed by atoms with Crippen LogP contribution in [0.3, 0.4) is 0 Å². The largest absolute Gasteiger partial charge is 0.419 e. The Morgan fingerprint density at radius 2 is 2.00 bits per heavy atom. The maximum atomic E-state index is 12.1. The SMILES string of the molecule is CCCNCCNS(=O)(=O)c1ccc2c(c1)oc(=O)n2C. The van der Waals surface area contributed by atoms with Gasteiger partial charge in [-0.05, 0) is 25.1 Å². The van der Waals surface area contributed by atoms with Crippen LogP contribution in [0.15, 0.2) is 32.3 Å². The van der Waals surface area contributed by atoms with Crippen LogP contribution in [-0.2, 0) is 17.1 Å². The van der Waals surface area contributed by atoms with Crippen molar-refractivity contribution in [3.63, 3.8) is 0 Å². The first kappa shape index (κ1) is 15.7. The molecule has 0 aliphatic carbocycles. The lowest BCUT2D eigenvalue weighted by molar-refractivity contribution is 0.527. The van der Waals surface area contributed by atoms with E-state index in [9.17, 15) is 13.2 Å². The number of nitrogens with one attached hydrogen (secondary N) is 2. The smallest absolute Gasteiger partial charge is 0.408 e. The fourth-order valence-corrected chi connectivity index (χ4v) is 2.99. The zero-order chi connectivity index (χ0) is 15.5. The van der Waals surface area contributed by atoms with E-state index in [-0.39, 0.29) is 10.5 Å². The Labute approximate surface area is 123 Å². The second-order valence-electron chi connectivity index (χ2n) is 4.70. The van der Waals surface area contributed by atoms with Gasteiger partial charge in [-0.2, -0.15) is 0 Å². The molecular formula is C13H19N3O4S. The fraction of sp³-hybridized carbons (Fsp3) is 0.462. The van der Waals surface area contributed by atoms with E-state index in [2.05, 4.69) is 10.0 Å². The molecule has 0 bridgehead atoms. The number of nitrogens with zero attached hydrogens (tertiary/aromatic N) is 1. The van der Waals surface area contributed by atoms with Crippen LogP contribution < -0.4 is 15.8 Å². The summed E-state index contributed by atoms with van der Waals surface area (Å²) in [6, 6.07) is 4.38. The van der Waals surface area contributed by atoms with Crippen LogP contribution in [-0.4, -0.2) is 32.6 Å². The van der Waals surface area contributed by atoms with Crippen molar-refractivity contribution in [2.24, 2.45) is 7.05 Å². The van der Waals surface area contributed by atoms with Gasteiger partial charge in [0.15, 0.2) is 5.58 Å². The Kier molecular flexibility index (Phi) is 4.81. The van der Waals surface area contributed by atoms with Crippen LogP contribution in [0.5, 0.6) is 0 Å². The summed E-state index contributed by atoms with van der Waals surface area (Å²) in [4.78, 5) is 11.5. The first-order chi connectivity index (χ1) is 9.95. The zero-order valence-electron chi connectivity index (χ0n) is 12.0. The molecule has 0 saturated carbocycles. The third-order valence-corrected chi connectivity index (χ3v) is 4.55. The van der Waals surface area contributed by atoms with Crippen molar-refractivity contribution in [3.8, 4) is 0 Å². The summed E-state index contributed by atoms with van der Waals surface area (Å²) in [5, 5.41) is 3.11. The van der Waals surface area contributed by atoms with Crippen molar-refractivity contribution in [1.82, 2.24) is 14.6 Å². The van der Waals surface area contributed by atoms with E-state index in [1.54, 1.807) is 13.1 Å². The summed E-state index contributed by atoms with van der Waals surface area (Å²) in [5.41, 5.74) is 0.818. The molecule has 1 heterocycles. The molecule has 0 saturated heterocycles. The maximum absolute atomic E-state index is 12.1. The molecule has 0 fully saturated rings. The van der Waals surface area contributed by atoms with Gasteiger partial charge in [0.05, 0.1) is 10.4 Å². The van der Waals surface area contributed by atoms with Gasteiger partial charge in [0.1, 0.15) is 0 Å². The lowest BCUT2D eigenvalue weighted by Gasteiger charge is -2.07. The monoisotopic (exact) mass is 313 g/mol. The second-order valence-corrected chi connectivity index (χ2v) is 6.47. The molecule has 2 N–H and O–H groups in total. The first-order valence-corrected chi connectivity index (χ1v) is 8.24. The van der Waals surface area contributed by atoms with Gasteiger partial charge in [-0.1, -0.05) is 6.92 Å². The molecule has 0 radical (unpaired) electrons. The highest BCUT2D eigenvalue weighted by atomic mass is 32.2. The molecule has 21 heavy (non-hydrogen) atoms. The van der Waals surface area contributed by atoms with Crippen molar-refractivity contribution in [3.05, 3.63) is 28.7 Å². The predicted octanol–water partition coefficient (Wildman–Crippen LogP) is 0.409. The molecule has 8 heteroatoms. The van der Waals surface area contributed by atoms with Crippen molar-refractivity contribution in [2.45, 2.75) is 18.2 Å². The third kappa shape index (κ3) is 3.52. The minimum atomic E-state index is -3.60. The first-order valence-electron chi connectivity index (χ1n) is 6.75. The summed E-state index contributed by atoms with van der Waals surface area (Å²) >= 11 is 0. The second kappa shape index (κ2) is 6.42. The van der Waals surface area contributed by atoms with E-state index in [0.717, 1.165) is 13.0 Å². The highest BCUT2D eigenvalue weighted by molar-refractivity contribution is 7.89. The molecule has 2 rings (SSSR count). The van der Waals surface area contributed by atoms with E-state index in [1.165, 1.54) is 16.7 Å². The number of hydrogen-bond donors (Lipinski definition) is 2. The molecule has 7 nitrogen and oxygen atoms in total. The predicted molar refractivity (Wildman–Crippen MR) is 79.8 cm³/mol. The molecule has 116 valence electrons. The van der Waals surface area contributed by atoms with Gasteiger partial charge in [-0.3, -0.25) is 4.57 Å². The fourth-order valence-electron chi connectivity index (χ4n) is 1.94. The van der Waals surface area contributed by atoms with Gasteiger partial charge in [0.25, 0.3) is 0 Å². The quantitative estimate of drug-likeness (QED) is 0.722. The minimum Gasteiger partial charge on any atom is -0.408 e. The normalized spacial score (nSPS) is 12.1. The molecule has 0 aliphatic rings. The van der Waals surface area contributed by atoms with Crippen molar-refractivity contribution in [1.29, 1.82) is 0 Å². The van der Waals surface area contributed by atoms with Crippen LogP contribution in [0.4, 0.5) is 0 Å². The van der Waals surface area contributed by atoms with E-state index in [1.807, 2.05) is 6.92 Å². The number of oxazole rings is 1. The number of aryl methyl sites for hydroxylation is 1. The topological polar surface area (TPSA) is 93.3 Å². The lowest BCUT2D eigenvalue weighted by Crippen LogP contribution is -2.32. The van der Waals surface area contributed by atoms with E-state index >= 15 is 0 Å². The van der Waals surface area contributed by atoms with Crippen LogP contribution in [0, 0.1) is 0 Å². The highest BCUT2D eigenvalue weighted by Gasteiger charge is 2.16. The molecule has 0 atom stereocenters. The highest BCUT2D eigenvalue weighted by Crippen LogP contribution is 2.17. The van der Waals surface area contributed by atoms with E-state index < -0.39 is 15.8 Å². The number of sulfonamides is 1. The molecule has 0 unspecified atom stereocenters. The summed E-state index contributed by atoms with van der Waals surface area (Å²) in [5.74, 6) is -0.517. The Balaban J connectivity index is 2.14. The number of hydrogen-bond acceptors (Lipinski definition) is 5. The summed E-state index contributed by atoms with van der Waals surface area (Å²) < 4.78 is 33.1. The average molecular weight is 313 g/mol. The van der Waals surface area contributed by atoms with Crippen molar-refractivity contribution < 1.29 is 12.8 Å². The van der Waals surface area contributed by atoms with Gasteiger partial charge in [0, 0.05) is 26.2 Å². The summed E-state index contributed by atoms with van der Waals surface area (Å²) in [7, 11) is -2.03. The number of aromatic nitrogens is 1. The number of rotatable bonds is 7. The van der Waals surface area contributed by atoms with E-state index in [0.29, 0.717) is 18.6 Å². The summed E-state index contributed by atoms with van der Waals surface area (Å²) in [6.07, 6.45) is 0.996. The Morgan fingerprint density at radius 1 is 1.24 bits per heavy atom. The molecular weight excluding hydrogens is 294 g/mol. The molecule has 1 aromatic carbocycles. The Bertz CT molecular complexity index is 776. The zero-order valence-corrected chi connectivity index (χ0v) is 12.9. The minimum absolute atomic E-state index is 0.0832. The van der Waals surface area contributed by atoms with Gasteiger partial charge < -0.3 is 9.73 Å². The van der Waals surface area contributed by atoms with Crippen LogP contribution in [0.1, 0.15) is 13.3 Å². The molecule has 1 aromatic heterocycles. The maximum Gasteiger partial charge on any atom is 0.419 e. The molecule has 0 spiro atoms. The van der Waals surface area contributed by atoms with Gasteiger partial charge in [-0.25, -0.2) is 17.9 Å².